The van der Waals surface area contributed by atoms with Crippen molar-refractivity contribution >= 4 is 15.7 Å². The molecule has 1 aliphatic heterocycles. The van der Waals surface area contributed by atoms with E-state index < -0.39 is 22.4 Å². The van der Waals surface area contributed by atoms with Crippen LogP contribution < -0.4 is 5.32 Å². The quantitative estimate of drug-likeness (QED) is 0.588. The Bertz CT molecular complexity index is 271. The lowest BCUT2D eigenvalue weighted by molar-refractivity contribution is -0.124. The Morgan fingerprint density at radius 3 is 2.38 bits per heavy atom. The number of nitrogens with one attached hydrogen (secondary N) is 1. The van der Waals surface area contributed by atoms with Crippen LogP contribution in [0.25, 0.3) is 0 Å². The van der Waals surface area contributed by atoms with Crippen LogP contribution in [0.4, 0.5) is 0 Å². The highest BCUT2D eigenvalue weighted by molar-refractivity contribution is 7.91. The van der Waals surface area contributed by atoms with Gasteiger partial charge in [-0.25, -0.2) is 8.42 Å². The Kier molecular flexibility index (Phi) is 3.27. The molecule has 1 rings (SSSR count). The second-order valence-corrected chi connectivity index (χ2v) is 5.46. The van der Waals surface area contributed by atoms with Crippen molar-refractivity contribution < 1.29 is 18.3 Å². The van der Waals surface area contributed by atoms with E-state index in [0.717, 1.165) is 0 Å². The summed E-state index contributed by atoms with van der Waals surface area (Å²) >= 11 is 0. The van der Waals surface area contributed by atoms with Crippen molar-refractivity contribution in [2.75, 3.05) is 18.1 Å². The second kappa shape index (κ2) is 4.06. The van der Waals surface area contributed by atoms with E-state index in [1.165, 1.54) is 0 Å². The van der Waals surface area contributed by atoms with Gasteiger partial charge in [-0.3, -0.25) is 4.79 Å². The Morgan fingerprint density at radius 1 is 1.38 bits per heavy atom. The van der Waals surface area contributed by atoms with E-state index in [-0.39, 0.29) is 17.5 Å². The molecular formula is C7H13NO4S. The van der Waals surface area contributed by atoms with Gasteiger partial charge >= 0.3 is 0 Å². The van der Waals surface area contributed by atoms with Gasteiger partial charge in [-0.1, -0.05) is 0 Å². The molecule has 5 nitrogen and oxygen atoms in total. The molecule has 0 radical (unpaired) electrons. The molecule has 0 saturated carbocycles. The number of amides is 1. The lowest BCUT2D eigenvalue weighted by atomic mass is 10.1. The first-order valence-corrected chi connectivity index (χ1v) is 5.96. The largest absolute Gasteiger partial charge is 0.387 e. The summed E-state index contributed by atoms with van der Waals surface area (Å²) in [6, 6.07) is -0.0943. The minimum absolute atomic E-state index is 0.0943. The molecule has 0 aromatic carbocycles. The Morgan fingerprint density at radius 2 is 1.92 bits per heavy atom. The summed E-state index contributed by atoms with van der Waals surface area (Å²) in [5.74, 6) is -0.184. The van der Waals surface area contributed by atoms with Crippen LogP contribution in [0.3, 0.4) is 0 Å². The van der Waals surface area contributed by atoms with Crippen molar-refractivity contribution in [1.82, 2.24) is 5.32 Å². The van der Waals surface area contributed by atoms with E-state index in [9.17, 15) is 13.2 Å². The molecule has 0 aliphatic carbocycles. The summed E-state index contributed by atoms with van der Waals surface area (Å²) in [6.45, 7) is -0.538. The first-order chi connectivity index (χ1) is 6.03. The fourth-order valence-corrected chi connectivity index (χ4v) is 2.80. The van der Waals surface area contributed by atoms with Gasteiger partial charge in [0, 0.05) is 6.04 Å². The van der Waals surface area contributed by atoms with E-state index in [1.807, 2.05) is 0 Å². The van der Waals surface area contributed by atoms with Gasteiger partial charge in [-0.05, 0) is 12.8 Å². The maximum Gasteiger partial charge on any atom is 0.245 e. The molecule has 0 bridgehead atoms. The SMILES string of the molecule is O=C(CO)NC1CCS(=O)(=O)CC1. The third-order valence-electron chi connectivity index (χ3n) is 2.06. The Labute approximate surface area is 77.1 Å². The molecule has 13 heavy (non-hydrogen) atoms. The van der Waals surface area contributed by atoms with Gasteiger partial charge in [0.15, 0.2) is 0 Å². The highest BCUT2D eigenvalue weighted by Gasteiger charge is 2.24. The summed E-state index contributed by atoms with van der Waals surface area (Å²) in [6.07, 6.45) is 0.905. The van der Waals surface area contributed by atoms with Crippen molar-refractivity contribution in [2.24, 2.45) is 0 Å². The van der Waals surface area contributed by atoms with Crippen LogP contribution in [0.15, 0.2) is 0 Å². The summed E-state index contributed by atoms with van der Waals surface area (Å²) in [5, 5.41) is 11.0. The minimum atomic E-state index is -2.87. The molecule has 0 spiro atoms. The molecule has 1 amide bonds. The van der Waals surface area contributed by atoms with Crippen molar-refractivity contribution in [3.05, 3.63) is 0 Å². The smallest absolute Gasteiger partial charge is 0.245 e. The average Bonchev–Trinajstić information content (AvgIpc) is 2.08. The molecule has 6 heteroatoms. The van der Waals surface area contributed by atoms with Crippen LogP contribution in [-0.4, -0.2) is 43.6 Å². The summed E-state index contributed by atoms with van der Waals surface area (Å²) in [4.78, 5) is 10.7. The van der Waals surface area contributed by atoms with E-state index >= 15 is 0 Å². The first kappa shape index (κ1) is 10.5. The van der Waals surface area contributed by atoms with Gasteiger partial charge < -0.3 is 10.4 Å². The molecule has 76 valence electrons. The molecule has 1 saturated heterocycles. The van der Waals surface area contributed by atoms with Crippen LogP contribution >= 0.6 is 0 Å². The lowest BCUT2D eigenvalue weighted by Gasteiger charge is -2.22. The first-order valence-electron chi connectivity index (χ1n) is 4.14. The molecule has 2 N–H and O–H groups in total. The zero-order chi connectivity index (χ0) is 9.90. The van der Waals surface area contributed by atoms with Crippen LogP contribution in [0.1, 0.15) is 12.8 Å². The van der Waals surface area contributed by atoms with Crippen LogP contribution in [0.5, 0.6) is 0 Å². The normalized spacial score (nSPS) is 22.5. The number of hydrogen-bond donors (Lipinski definition) is 2. The van der Waals surface area contributed by atoms with Gasteiger partial charge in [0.1, 0.15) is 16.4 Å². The fraction of sp³-hybridized carbons (Fsp3) is 0.857. The monoisotopic (exact) mass is 207 g/mol. The highest BCUT2D eigenvalue weighted by atomic mass is 32.2. The third kappa shape index (κ3) is 3.31. The minimum Gasteiger partial charge on any atom is -0.387 e. The lowest BCUT2D eigenvalue weighted by Crippen LogP contribution is -2.41. The number of hydrogen-bond acceptors (Lipinski definition) is 4. The van der Waals surface area contributed by atoms with Crippen LogP contribution in [-0.2, 0) is 14.6 Å². The zero-order valence-electron chi connectivity index (χ0n) is 7.19. The van der Waals surface area contributed by atoms with Crippen molar-refractivity contribution in [1.29, 1.82) is 0 Å². The van der Waals surface area contributed by atoms with Crippen molar-refractivity contribution in [3.63, 3.8) is 0 Å². The van der Waals surface area contributed by atoms with Gasteiger partial charge in [0.25, 0.3) is 0 Å². The summed E-state index contributed by atoms with van der Waals surface area (Å²) in [7, 11) is -2.87. The molecule has 0 aromatic rings. The van der Waals surface area contributed by atoms with E-state index in [4.69, 9.17) is 5.11 Å². The number of carbonyl (C=O) groups is 1. The average molecular weight is 207 g/mol. The van der Waals surface area contributed by atoms with Crippen molar-refractivity contribution in [2.45, 2.75) is 18.9 Å². The third-order valence-corrected chi connectivity index (χ3v) is 3.78. The predicted octanol–water partition coefficient (Wildman–Crippen LogP) is -1.33. The van der Waals surface area contributed by atoms with Crippen LogP contribution in [0, 0.1) is 0 Å². The fourth-order valence-electron chi connectivity index (χ4n) is 1.31. The van der Waals surface area contributed by atoms with Gasteiger partial charge in [-0.2, -0.15) is 0 Å². The summed E-state index contributed by atoms with van der Waals surface area (Å²) in [5.41, 5.74) is 0. The number of aliphatic hydroxyl groups is 1. The number of aliphatic hydroxyl groups excluding tert-OH is 1. The van der Waals surface area contributed by atoms with Gasteiger partial charge in [-0.15, -0.1) is 0 Å². The molecule has 1 fully saturated rings. The maximum absolute atomic E-state index is 11.0. The van der Waals surface area contributed by atoms with Gasteiger partial charge in [0.05, 0.1) is 11.5 Å². The maximum atomic E-state index is 11.0. The summed E-state index contributed by atoms with van der Waals surface area (Å²) < 4.78 is 22.0. The highest BCUT2D eigenvalue weighted by Crippen LogP contribution is 2.11. The number of sulfone groups is 1. The molecular weight excluding hydrogens is 194 g/mol. The molecule has 0 unspecified atom stereocenters. The number of rotatable bonds is 2. The zero-order valence-corrected chi connectivity index (χ0v) is 8.01. The molecule has 1 aliphatic rings. The standard InChI is InChI=1S/C7H13NO4S/c9-5-7(10)8-6-1-3-13(11,12)4-2-6/h6,9H,1-5H2,(H,8,10). The Balaban J connectivity index is 2.38. The second-order valence-electron chi connectivity index (χ2n) is 3.15. The number of carbonyl (C=O) groups excluding carboxylic acids is 1. The van der Waals surface area contributed by atoms with Gasteiger partial charge in [0.2, 0.25) is 5.91 Å². The van der Waals surface area contributed by atoms with E-state index in [2.05, 4.69) is 5.32 Å². The van der Waals surface area contributed by atoms with Crippen LogP contribution in [0.2, 0.25) is 0 Å². The predicted molar refractivity (Wildman–Crippen MR) is 46.9 cm³/mol. The molecule has 0 aromatic heterocycles. The topological polar surface area (TPSA) is 83.5 Å². The molecule has 0 atom stereocenters. The molecule has 1 heterocycles. The van der Waals surface area contributed by atoms with E-state index in [0.29, 0.717) is 12.8 Å². The van der Waals surface area contributed by atoms with Crippen molar-refractivity contribution in [3.8, 4) is 0 Å². The Hall–Kier alpha value is -0.620. The van der Waals surface area contributed by atoms with E-state index in [1.54, 1.807) is 0 Å².